The molecule has 4 heteroatoms. The predicted octanol–water partition coefficient (Wildman–Crippen LogP) is 1.34. The van der Waals surface area contributed by atoms with Crippen molar-refractivity contribution in [3.63, 3.8) is 0 Å². The number of hydrogen-bond acceptors (Lipinski definition) is 3. The van der Waals surface area contributed by atoms with E-state index in [1.165, 1.54) is 6.26 Å². The molecule has 0 radical (unpaired) electrons. The quantitative estimate of drug-likeness (QED) is 0.776. The molecule has 0 aliphatic heterocycles. The molecule has 3 atom stereocenters. The fourth-order valence-corrected chi connectivity index (χ4v) is 3.52. The van der Waals surface area contributed by atoms with Crippen molar-refractivity contribution in [2.24, 2.45) is 0 Å². The lowest BCUT2D eigenvalue weighted by Crippen LogP contribution is -2.43. The molecule has 0 amide bonds. The second kappa shape index (κ2) is 4.62. The molecule has 0 aromatic carbocycles. The normalized spacial score (nSPS) is 30.5. The van der Waals surface area contributed by atoms with E-state index in [1.807, 2.05) is 0 Å². The van der Waals surface area contributed by atoms with Gasteiger partial charge in [-0.25, -0.2) is 8.42 Å². The van der Waals surface area contributed by atoms with Crippen molar-refractivity contribution in [2.75, 3.05) is 6.26 Å². The molecule has 0 heterocycles. The first kappa shape index (κ1) is 12.0. The Hall–Kier alpha value is -0.0900. The average molecular weight is 219 g/mol. The van der Waals surface area contributed by atoms with E-state index in [0.717, 1.165) is 25.7 Å². The summed E-state index contributed by atoms with van der Waals surface area (Å²) in [7, 11) is -2.87. The van der Waals surface area contributed by atoms with Crippen LogP contribution in [0.5, 0.6) is 0 Å². The Labute approximate surface area is 87.2 Å². The van der Waals surface area contributed by atoms with E-state index in [2.05, 4.69) is 19.2 Å². The van der Waals surface area contributed by atoms with Crippen molar-refractivity contribution in [3.05, 3.63) is 0 Å². The predicted molar refractivity (Wildman–Crippen MR) is 59.2 cm³/mol. The Kier molecular flexibility index (Phi) is 3.95. The zero-order chi connectivity index (χ0) is 10.8. The van der Waals surface area contributed by atoms with Crippen LogP contribution in [0.15, 0.2) is 0 Å². The van der Waals surface area contributed by atoms with Crippen LogP contribution in [0, 0.1) is 0 Å². The highest BCUT2D eigenvalue weighted by molar-refractivity contribution is 7.91. The minimum atomic E-state index is -2.87. The molecule has 1 rings (SSSR count). The molecule has 1 saturated carbocycles. The lowest BCUT2D eigenvalue weighted by molar-refractivity contribution is 0.438. The highest BCUT2D eigenvalue weighted by Crippen LogP contribution is 2.25. The summed E-state index contributed by atoms with van der Waals surface area (Å²) in [5.41, 5.74) is 0. The van der Waals surface area contributed by atoms with Crippen LogP contribution in [-0.2, 0) is 9.84 Å². The van der Waals surface area contributed by atoms with E-state index in [4.69, 9.17) is 0 Å². The van der Waals surface area contributed by atoms with Gasteiger partial charge in [0.15, 0.2) is 9.84 Å². The van der Waals surface area contributed by atoms with Gasteiger partial charge in [-0.05, 0) is 26.2 Å². The number of nitrogens with one attached hydrogen (secondary N) is 1. The highest BCUT2D eigenvalue weighted by Gasteiger charge is 2.34. The molecule has 14 heavy (non-hydrogen) atoms. The van der Waals surface area contributed by atoms with Gasteiger partial charge in [-0.3, -0.25) is 0 Å². The molecule has 1 fully saturated rings. The smallest absolute Gasteiger partial charge is 0.151 e. The molecular formula is C10H21NO2S. The van der Waals surface area contributed by atoms with Crippen LogP contribution in [0.4, 0.5) is 0 Å². The third-order valence-corrected chi connectivity index (χ3v) is 4.78. The highest BCUT2D eigenvalue weighted by atomic mass is 32.2. The first-order chi connectivity index (χ1) is 6.45. The van der Waals surface area contributed by atoms with E-state index in [1.54, 1.807) is 0 Å². The second-order valence-corrected chi connectivity index (χ2v) is 6.65. The molecule has 1 aliphatic carbocycles. The molecule has 3 nitrogen and oxygen atoms in total. The monoisotopic (exact) mass is 219 g/mol. The summed E-state index contributed by atoms with van der Waals surface area (Å²) in [6.07, 6.45) is 5.27. The Morgan fingerprint density at radius 1 is 1.43 bits per heavy atom. The van der Waals surface area contributed by atoms with Gasteiger partial charge in [-0.2, -0.15) is 0 Å². The van der Waals surface area contributed by atoms with Gasteiger partial charge in [-0.15, -0.1) is 0 Å². The van der Waals surface area contributed by atoms with E-state index in [9.17, 15) is 8.42 Å². The zero-order valence-corrected chi connectivity index (χ0v) is 10.1. The Balaban J connectivity index is 2.60. The molecule has 84 valence electrons. The summed E-state index contributed by atoms with van der Waals surface area (Å²) in [5.74, 6) is 0. The van der Waals surface area contributed by atoms with Crippen LogP contribution >= 0.6 is 0 Å². The van der Waals surface area contributed by atoms with Crippen LogP contribution in [0.2, 0.25) is 0 Å². The summed E-state index contributed by atoms with van der Waals surface area (Å²) in [6, 6.07) is 0.599. The largest absolute Gasteiger partial charge is 0.310 e. The first-order valence-corrected chi connectivity index (χ1v) is 7.35. The molecule has 1 N–H and O–H groups in total. The number of sulfone groups is 1. The lowest BCUT2D eigenvalue weighted by Gasteiger charge is -2.23. The summed E-state index contributed by atoms with van der Waals surface area (Å²) in [6.45, 7) is 4.22. The van der Waals surface area contributed by atoms with Crippen molar-refractivity contribution in [1.82, 2.24) is 5.32 Å². The SMILES string of the molecule is CCC(C)NC1CCCC1S(C)(=O)=O. The minimum Gasteiger partial charge on any atom is -0.310 e. The van der Waals surface area contributed by atoms with Crippen LogP contribution < -0.4 is 5.32 Å². The molecule has 0 saturated heterocycles. The minimum absolute atomic E-state index is 0.156. The number of rotatable bonds is 4. The molecule has 1 aliphatic rings. The van der Waals surface area contributed by atoms with Gasteiger partial charge >= 0.3 is 0 Å². The third kappa shape index (κ3) is 2.95. The Morgan fingerprint density at radius 3 is 2.57 bits per heavy atom. The van der Waals surface area contributed by atoms with Crippen molar-refractivity contribution in [1.29, 1.82) is 0 Å². The summed E-state index contributed by atoms with van der Waals surface area (Å²) in [5, 5.41) is 3.25. The lowest BCUT2D eigenvalue weighted by atomic mass is 10.2. The van der Waals surface area contributed by atoms with Crippen molar-refractivity contribution in [2.45, 2.75) is 56.9 Å². The van der Waals surface area contributed by atoms with Crippen LogP contribution in [0.3, 0.4) is 0 Å². The van der Waals surface area contributed by atoms with Gasteiger partial charge in [0, 0.05) is 18.3 Å². The Bertz CT molecular complexity index is 274. The van der Waals surface area contributed by atoms with Gasteiger partial charge < -0.3 is 5.32 Å². The van der Waals surface area contributed by atoms with Gasteiger partial charge in [0.1, 0.15) is 0 Å². The van der Waals surface area contributed by atoms with Crippen LogP contribution in [0.25, 0.3) is 0 Å². The van der Waals surface area contributed by atoms with E-state index >= 15 is 0 Å². The molecular weight excluding hydrogens is 198 g/mol. The van der Waals surface area contributed by atoms with Crippen molar-refractivity contribution >= 4 is 9.84 Å². The second-order valence-electron chi connectivity index (χ2n) is 4.38. The molecule has 0 spiro atoms. The average Bonchev–Trinajstić information content (AvgIpc) is 2.51. The van der Waals surface area contributed by atoms with E-state index in [0.29, 0.717) is 6.04 Å². The van der Waals surface area contributed by atoms with Gasteiger partial charge in [-0.1, -0.05) is 13.3 Å². The third-order valence-electron chi connectivity index (χ3n) is 3.11. The fourth-order valence-electron chi connectivity index (χ4n) is 2.11. The molecule has 0 aromatic rings. The van der Waals surface area contributed by atoms with Crippen LogP contribution in [0.1, 0.15) is 39.5 Å². The summed E-state index contributed by atoms with van der Waals surface area (Å²) < 4.78 is 22.9. The zero-order valence-electron chi connectivity index (χ0n) is 9.29. The van der Waals surface area contributed by atoms with Gasteiger partial charge in [0.2, 0.25) is 0 Å². The standard InChI is InChI=1S/C10H21NO2S/c1-4-8(2)11-9-6-5-7-10(9)14(3,12)13/h8-11H,4-7H2,1-3H3. The van der Waals surface area contributed by atoms with Crippen molar-refractivity contribution < 1.29 is 8.42 Å². The molecule has 0 aromatic heterocycles. The van der Waals surface area contributed by atoms with Gasteiger partial charge in [0.25, 0.3) is 0 Å². The summed E-state index contributed by atoms with van der Waals surface area (Å²) >= 11 is 0. The first-order valence-electron chi connectivity index (χ1n) is 5.40. The Morgan fingerprint density at radius 2 is 2.07 bits per heavy atom. The maximum Gasteiger partial charge on any atom is 0.151 e. The van der Waals surface area contributed by atoms with Crippen LogP contribution in [-0.4, -0.2) is 32.0 Å². The van der Waals surface area contributed by atoms with Gasteiger partial charge in [0.05, 0.1) is 5.25 Å². The maximum absolute atomic E-state index is 11.5. The molecule has 0 bridgehead atoms. The van der Waals surface area contributed by atoms with Crippen molar-refractivity contribution in [3.8, 4) is 0 Å². The topological polar surface area (TPSA) is 46.2 Å². The van der Waals surface area contributed by atoms with E-state index < -0.39 is 9.84 Å². The summed E-state index contributed by atoms with van der Waals surface area (Å²) in [4.78, 5) is 0. The van der Waals surface area contributed by atoms with E-state index in [-0.39, 0.29) is 11.3 Å². The molecule has 3 unspecified atom stereocenters. The number of hydrogen-bond donors (Lipinski definition) is 1. The maximum atomic E-state index is 11.5. The fraction of sp³-hybridized carbons (Fsp3) is 1.00.